The van der Waals surface area contributed by atoms with Crippen molar-refractivity contribution in [3.05, 3.63) is 35.4 Å². The standard InChI is InChI=1S/C18H27N3O2/c1-2-8-21-9-7-13(12-21)11-19-18(23)20-17-15-6-4-3-5-14(15)10-16(17)22/h3-6,13,16-17,22H,2,7-12H2,1H3,(H2,19,20,23). The third-order valence-corrected chi connectivity index (χ3v) is 4.95. The van der Waals surface area contributed by atoms with Crippen LogP contribution in [0.15, 0.2) is 24.3 Å². The molecule has 1 aliphatic heterocycles. The van der Waals surface area contributed by atoms with Crippen LogP contribution in [0.25, 0.3) is 0 Å². The van der Waals surface area contributed by atoms with Gasteiger partial charge in [-0.3, -0.25) is 0 Å². The number of aliphatic hydroxyl groups is 1. The number of hydrogen-bond donors (Lipinski definition) is 3. The van der Waals surface area contributed by atoms with Gasteiger partial charge in [-0.15, -0.1) is 0 Å². The topological polar surface area (TPSA) is 64.6 Å². The molecule has 2 aliphatic rings. The fourth-order valence-corrected chi connectivity index (χ4v) is 3.78. The van der Waals surface area contributed by atoms with E-state index in [9.17, 15) is 9.90 Å². The van der Waals surface area contributed by atoms with Gasteiger partial charge < -0.3 is 20.6 Å². The Hall–Kier alpha value is -1.59. The molecule has 3 N–H and O–H groups in total. The van der Waals surface area contributed by atoms with E-state index in [1.54, 1.807) is 0 Å². The Morgan fingerprint density at radius 3 is 3.04 bits per heavy atom. The molecular formula is C18H27N3O2. The Bertz CT molecular complexity index is 549. The summed E-state index contributed by atoms with van der Waals surface area (Å²) in [6.45, 7) is 6.26. The third kappa shape index (κ3) is 3.85. The molecule has 1 heterocycles. The number of amides is 2. The van der Waals surface area contributed by atoms with E-state index in [1.165, 1.54) is 6.42 Å². The summed E-state index contributed by atoms with van der Waals surface area (Å²) in [5.41, 5.74) is 2.15. The second kappa shape index (κ2) is 7.32. The summed E-state index contributed by atoms with van der Waals surface area (Å²) in [4.78, 5) is 14.6. The SMILES string of the molecule is CCCN1CCC(CNC(=O)NC2c3ccccc3CC2O)C1. The maximum absolute atomic E-state index is 12.2. The van der Waals surface area contributed by atoms with Crippen LogP contribution in [0.4, 0.5) is 4.79 Å². The summed E-state index contributed by atoms with van der Waals surface area (Å²) in [5, 5.41) is 16.1. The number of rotatable bonds is 5. The lowest BCUT2D eigenvalue weighted by molar-refractivity contribution is 0.142. The van der Waals surface area contributed by atoms with Crippen LogP contribution in [-0.4, -0.2) is 48.3 Å². The summed E-state index contributed by atoms with van der Waals surface area (Å²) in [5.74, 6) is 0.535. The van der Waals surface area contributed by atoms with E-state index in [0.717, 1.165) is 37.2 Å². The maximum Gasteiger partial charge on any atom is 0.315 e. The van der Waals surface area contributed by atoms with Crippen molar-refractivity contribution in [2.24, 2.45) is 5.92 Å². The molecule has 0 radical (unpaired) electrons. The number of urea groups is 1. The number of likely N-dealkylation sites (tertiary alicyclic amines) is 1. The molecule has 0 saturated carbocycles. The van der Waals surface area contributed by atoms with Crippen LogP contribution in [0.3, 0.4) is 0 Å². The van der Waals surface area contributed by atoms with Crippen LogP contribution in [0.1, 0.15) is 36.9 Å². The van der Waals surface area contributed by atoms with E-state index in [1.807, 2.05) is 24.3 Å². The van der Waals surface area contributed by atoms with E-state index in [4.69, 9.17) is 0 Å². The first-order chi connectivity index (χ1) is 11.2. The molecule has 1 fully saturated rings. The zero-order chi connectivity index (χ0) is 16.2. The molecule has 5 heteroatoms. The first-order valence-electron chi connectivity index (χ1n) is 8.70. The van der Waals surface area contributed by atoms with Gasteiger partial charge in [0.1, 0.15) is 0 Å². The molecule has 2 amide bonds. The Kier molecular flexibility index (Phi) is 5.18. The number of carbonyl (C=O) groups is 1. The second-order valence-corrected chi connectivity index (χ2v) is 6.76. The maximum atomic E-state index is 12.2. The first-order valence-corrected chi connectivity index (χ1v) is 8.70. The molecule has 5 nitrogen and oxygen atoms in total. The smallest absolute Gasteiger partial charge is 0.315 e. The van der Waals surface area contributed by atoms with Gasteiger partial charge >= 0.3 is 6.03 Å². The van der Waals surface area contributed by atoms with Gasteiger partial charge in [-0.2, -0.15) is 0 Å². The van der Waals surface area contributed by atoms with E-state index < -0.39 is 6.10 Å². The predicted octanol–water partition coefficient (Wildman–Crippen LogP) is 1.68. The number of carbonyl (C=O) groups excluding carboxylic acids is 1. The fourth-order valence-electron chi connectivity index (χ4n) is 3.78. The number of hydrogen-bond acceptors (Lipinski definition) is 3. The lowest BCUT2D eigenvalue weighted by Crippen LogP contribution is -2.42. The molecule has 3 rings (SSSR count). The summed E-state index contributed by atoms with van der Waals surface area (Å²) in [6, 6.07) is 7.43. The van der Waals surface area contributed by atoms with Gasteiger partial charge in [0.05, 0.1) is 12.1 Å². The van der Waals surface area contributed by atoms with E-state index in [2.05, 4.69) is 22.5 Å². The minimum atomic E-state index is -0.537. The molecule has 23 heavy (non-hydrogen) atoms. The average Bonchev–Trinajstić information content (AvgIpc) is 3.11. The molecule has 3 unspecified atom stereocenters. The van der Waals surface area contributed by atoms with Crippen LogP contribution in [0, 0.1) is 5.92 Å². The van der Waals surface area contributed by atoms with Crippen LogP contribution in [0.5, 0.6) is 0 Å². The summed E-state index contributed by atoms with van der Waals surface area (Å²) >= 11 is 0. The summed E-state index contributed by atoms with van der Waals surface area (Å²) < 4.78 is 0. The number of aliphatic hydroxyl groups excluding tert-OH is 1. The van der Waals surface area contributed by atoms with Crippen LogP contribution in [0.2, 0.25) is 0 Å². The van der Waals surface area contributed by atoms with Gasteiger partial charge in [-0.05, 0) is 43.0 Å². The first kappa shape index (κ1) is 16.3. The average molecular weight is 317 g/mol. The molecule has 0 aromatic heterocycles. The second-order valence-electron chi connectivity index (χ2n) is 6.76. The quantitative estimate of drug-likeness (QED) is 0.774. The summed E-state index contributed by atoms with van der Waals surface area (Å²) in [7, 11) is 0. The number of nitrogens with zero attached hydrogens (tertiary/aromatic N) is 1. The largest absolute Gasteiger partial charge is 0.390 e. The molecule has 1 aromatic rings. The van der Waals surface area contributed by atoms with E-state index >= 15 is 0 Å². The highest BCUT2D eigenvalue weighted by Crippen LogP contribution is 2.31. The van der Waals surface area contributed by atoms with Crippen LogP contribution < -0.4 is 10.6 Å². The molecule has 0 bridgehead atoms. The highest BCUT2D eigenvalue weighted by Gasteiger charge is 2.32. The van der Waals surface area contributed by atoms with E-state index in [-0.39, 0.29) is 12.1 Å². The van der Waals surface area contributed by atoms with Gasteiger partial charge in [0.25, 0.3) is 0 Å². The lowest BCUT2D eigenvalue weighted by Gasteiger charge is -2.19. The van der Waals surface area contributed by atoms with Gasteiger partial charge in [0, 0.05) is 19.5 Å². The fraction of sp³-hybridized carbons (Fsp3) is 0.611. The molecular weight excluding hydrogens is 290 g/mol. The number of benzene rings is 1. The Morgan fingerprint density at radius 1 is 1.39 bits per heavy atom. The van der Waals surface area contributed by atoms with Gasteiger partial charge in [0.15, 0.2) is 0 Å². The number of nitrogens with one attached hydrogen (secondary N) is 2. The van der Waals surface area contributed by atoms with Crippen molar-refractivity contribution in [1.82, 2.24) is 15.5 Å². The van der Waals surface area contributed by atoms with Crippen molar-refractivity contribution < 1.29 is 9.90 Å². The molecule has 0 spiro atoms. The van der Waals surface area contributed by atoms with Gasteiger partial charge in [-0.1, -0.05) is 31.2 Å². The minimum absolute atomic E-state index is 0.181. The highest BCUT2D eigenvalue weighted by atomic mass is 16.3. The predicted molar refractivity (Wildman–Crippen MR) is 90.3 cm³/mol. The van der Waals surface area contributed by atoms with Gasteiger partial charge in [-0.25, -0.2) is 4.79 Å². The molecule has 126 valence electrons. The van der Waals surface area contributed by atoms with Crippen molar-refractivity contribution in [2.75, 3.05) is 26.2 Å². The number of fused-ring (bicyclic) bond motifs is 1. The minimum Gasteiger partial charge on any atom is -0.390 e. The summed E-state index contributed by atoms with van der Waals surface area (Å²) in [6.07, 6.45) is 2.40. The third-order valence-electron chi connectivity index (χ3n) is 4.95. The Morgan fingerprint density at radius 2 is 2.22 bits per heavy atom. The molecule has 1 aromatic carbocycles. The van der Waals surface area contributed by atoms with Crippen molar-refractivity contribution in [3.63, 3.8) is 0 Å². The monoisotopic (exact) mass is 317 g/mol. The van der Waals surface area contributed by atoms with Crippen LogP contribution >= 0.6 is 0 Å². The normalized spacial score (nSPS) is 27.0. The van der Waals surface area contributed by atoms with Crippen molar-refractivity contribution >= 4 is 6.03 Å². The lowest BCUT2D eigenvalue weighted by atomic mass is 10.1. The molecule has 3 atom stereocenters. The zero-order valence-electron chi connectivity index (χ0n) is 13.8. The van der Waals surface area contributed by atoms with Crippen molar-refractivity contribution in [2.45, 2.75) is 38.3 Å². The van der Waals surface area contributed by atoms with Crippen molar-refractivity contribution in [1.29, 1.82) is 0 Å². The Balaban J connectivity index is 1.47. The van der Waals surface area contributed by atoms with Crippen molar-refractivity contribution in [3.8, 4) is 0 Å². The Labute approximate surface area is 138 Å². The zero-order valence-corrected chi connectivity index (χ0v) is 13.8. The van der Waals surface area contributed by atoms with Crippen LogP contribution in [-0.2, 0) is 6.42 Å². The van der Waals surface area contributed by atoms with Gasteiger partial charge in [0.2, 0.25) is 0 Å². The molecule has 1 saturated heterocycles. The highest BCUT2D eigenvalue weighted by molar-refractivity contribution is 5.74. The van der Waals surface area contributed by atoms with E-state index in [0.29, 0.717) is 18.9 Å². The molecule has 1 aliphatic carbocycles.